The van der Waals surface area contributed by atoms with Gasteiger partial charge in [-0.15, -0.1) is 0 Å². The van der Waals surface area contributed by atoms with Gasteiger partial charge < -0.3 is 4.90 Å². The second kappa shape index (κ2) is 5.09. The maximum Gasteiger partial charge on any atom is 0.232 e. The molecule has 1 aliphatic rings. The van der Waals surface area contributed by atoms with Crippen LogP contribution in [0.25, 0.3) is 0 Å². The molecular weight excluding hydrogens is 216 g/mol. The summed E-state index contributed by atoms with van der Waals surface area (Å²) < 4.78 is 0. The zero-order valence-corrected chi connectivity index (χ0v) is 9.18. The lowest BCUT2D eigenvalue weighted by Crippen LogP contribution is -2.24. The number of likely N-dealkylation sites (tertiary alicyclic amines) is 1. The van der Waals surface area contributed by atoms with Crippen molar-refractivity contribution in [3.05, 3.63) is 23.8 Å². The van der Waals surface area contributed by atoms with Gasteiger partial charge in [0.2, 0.25) is 11.7 Å². The highest BCUT2D eigenvalue weighted by atomic mass is 16.2. The van der Waals surface area contributed by atoms with Gasteiger partial charge in [0.15, 0.2) is 0 Å². The fourth-order valence-corrected chi connectivity index (χ4v) is 1.56. The first kappa shape index (κ1) is 11.1. The monoisotopic (exact) mass is 226 g/mol. The smallest absolute Gasteiger partial charge is 0.232 e. The third kappa shape index (κ3) is 2.79. The Kier molecular flexibility index (Phi) is 3.32. The van der Waals surface area contributed by atoms with Crippen LogP contribution in [0.5, 0.6) is 0 Å². The molecule has 1 amide bonds. The Bertz CT molecular complexity index is 518. The largest absolute Gasteiger partial charge is 0.332 e. The van der Waals surface area contributed by atoms with Crippen LogP contribution in [0.15, 0.2) is 12.4 Å². The predicted molar refractivity (Wildman–Crippen MR) is 59.4 cm³/mol. The molecule has 0 spiro atoms. The molecule has 1 aliphatic heterocycles. The van der Waals surface area contributed by atoms with Crippen LogP contribution in [0.4, 0.5) is 0 Å². The minimum absolute atomic E-state index is 0.130. The van der Waals surface area contributed by atoms with E-state index < -0.39 is 0 Å². The maximum absolute atomic E-state index is 11.3. The summed E-state index contributed by atoms with van der Waals surface area (Å²) in [7, 11) is 0. The van der Waals surface area contributed by atoms with Gasteiger partial charge in [0.05, 0.1) is 12.1 Å². The van der Waals surface area contributed by atoms with E-state index in [1.807, 2.05) is 6.07 Å². The van der Waals surface area contributed by atoms with Crippen LogP contribution >= 0.6 is 0 Å². The number of aromatic nitrogens is 2. The van der Waals surface area contributed by atoms with E-state index in [1.54, 1.807) is 4.90 Å². The minimum atomic E-state index is 0.130. The number of hydrogen-bond donors (Lipinski definition) is 0. The van der Waals surface area contributed by atoms with Crippen LogP contribution < -0.4 is 0 Å². The highest BCUT2D eigenvalue weighted by molar-refractivity contribution is 5.78. The summed E-state index contributed by atoms with van der Waals surface area (Å²) in [5.74, 6) is 6.06. The molecule has 1 aromatic rings. The second-order valence-corrected chi connectivity index (χ2v) is 3.63. The van der Waals surface area contributed by atoms with Crippen molar-refractivity contribution in [2.75, 3.05) is 13.1 Å². The first-order chi connectivity index (χ1) is 8.29. The summed E-state index contributed by atoms with van der Waals surface area (Å²) in [5.41, 5.74) is 0.649. The zero-order chi connectivity index (χ0) is 12.1. The van der Waals surface area contributed by atoms with Crippen LogP contribution in [0.2, 0.25) is 0 Å². The van der Waals surface area contributed by atoms with Gasteiger partial charge >= 0.3 is 0 Å². The van der Waals surface area contributed by atoms with Crippen molar-refractivity contribution >= 4 is 5.91 Å². The molecule has 0 atom stereocenters. The summed E-state index contributed by atoms with van der Waals surface area (Å²) in [4.78, 5) is 20.6. The standard InChI is InChI=1S/C12H10N4O/c13-7-11-14-8-10(9-15-11)3-1-5-16-6-2-4-12(16)17/h8-9H,2,4-6H2. The number of nitriles is 1. The number of carbonyl (C=O) groups is 1. The maximum atomic E-state index is 11.3. The Morgan fingerprint density at radius 2 is 2.18 bits per heavy atom. The molecule has 2 heterocycles. The molecule has 1 fully saturated rings. The number of nitrogens with zero attached hydrogens (tertiary/aromatic N) is 4. The fraction of sp³-hybridized carbons (Fsp3) is 0.333. The molecule has 0 radical (unpaired) electrons. The second-order valence-electron chi connectivity index (χ2n) is 3.63. The Labute approximate surface area is 99.1 Å². The third-order valence-electron chi connectivity index (χ3n) is 2.43. The Morgan fingerprint density at radius 1 is 1.41 bits per heavy atom. The van der Waals surface area contributed by atoms with Crippen molar-refractivity contribution in [2.24, 2.45) is 0 Å². The number of rotatable bonds is 1. The minimum Gasteiger partial charge on any atom is -0.332 e. The van der Waals surface area contributed by atoms with Crippen molar-refractivity contribution in [3.63, 3.8) is 0 Å². The summed E-state index contributed by atoms with van der Waals surface area (Å²) in [6.45, 7) is 1.23. The molecule has 17 heavy (non-hydrogen) atoms. The molecule has 2 rings (SSSR count). The molecule has 0 N–H and O–H groups in total. The van der Waals surface area contributed by atoms with Gasteiger partial charge in [-0.05, 0) is 6.42 Å². The SMILES string of the molecule is N#Cc1ncc(C#CCN2CCCC2=O)cn1. The van der Waals surface area contributed by atoms with E-state index in [1.165, 1.54) is 12.4 Å². The number of hydrogen-bond acceptors (Lipinski definition) is 4. The average molecular weight is 226 g/mol. The van der Waals surface area contributed by atoms with Gasteiger partial charge in [-0.25, -0.2) is 9.97 Å². The van der Waals surface area contributed by atoms with Crippen LogP contribution in [-0.4, -0.2) is 33.9 Å². The lowest BCUT2D eigenvalue weighted by Gasteiger charge is -2.09. The van der Waals surface area contributed by atoms with E-state index in [-0.39, 0.29) is 11.7 Å². The van der Waals surface area contributed by atoms with Gasteiger partial charge in [-0.2, -0.15) is 5.26 Å². The summed E-state index contributed by atoms with van der Waals surface area (Å²) >= 11 is 0. The Balaban J connectivity index is 1.96. The Morgan fingerprint density at radius 3 is 2.76 bits per heavy atom. The first-order valence-electron chi connectivity index (χ1n) is 5.28. The van der Waals surface area contributed by atoms with Crippen LogP contribution in [0, 0.1) is 23.2 Å². The van der Waals surface area contributed by atoms with E-state index in [0.29, 0.717) is 18.5 Å². The number of carbonyl (C=O) groups excluding carboxylic acids is 1. The predicted octanol–water partition coefficient (Wildman–Crippen LogP) is 0.322. The quantitative estimate of drug-likeness (QED) is 0.647. The molecule has 1 saturated heterocycles. The molecule has 0 aromatic carbocycles. The molecule has 5 nitrogen and oxygen atoms in total. The molecule has 0 bridgehead atoms. The van der Waals surface area contributed by atoms with E-state index in [0.717, 1.165) is 13.0 Å². The summed E-state index contributed by atoms with van der Waals surface area (Å²) in [5, 5.41) is 8.52. The van der Waals surface area contributed by atoms with Gasteiger partial charge in [-0.3, -0.25) is 4.79 Å². The van der Waals surface area contributed by atoms with Gasteiger partial charge in [0, 0.05) is 25.4 Å². The van der Waals surface area contributed by atoms with Crippen LogP contribution in [0.1, 0.15) is 24.2 Å². The number of amides is 1. The highest BCUT2D eigenvalue weighted by Crippen LogP contribution is 2.07. The van der Waals surface area contributed by atoms with Crippen LogP contribution in [-0.2, 0) is 4.79 Å². The van der Waals surface area contributed by atoms with Gasteiger partial charge in [0.25, 0.3) is 0 Å². The normalized spacial score (nSPS) is 14.1. The van der Waals surface area contributed by atoms with Crippen molar-refractivity contribution in [2.45, 2.75) is 12.8 Å². The van der Waals surface area contributed by atoms with Crippen LogP contribution in [0.3, 0.4) is 0 Å². The molecule has 5 heteroatoms. The van der Waals surface area contributed by atoms with E-state index in [2.05, 4.69) is 21.8 Å². The molecular formula is C12H10N4O. The average Bonchev–Trinajstić information content (AvgIpc) is 2.76. The van der Waals surface area contributed by atoms with E-state index >= 15 is 0 Å². The van der Waals surface area contributed by atoms with Gasteiger partial charge in [0.1, 0.15) is 6.07 Å². The van der Waals surface area contributed by atoms with Crippen molar-refractivity contribution < 1.29 is 4.79 Å². The molecule has 1 aromatic heterocycles. The van der Waals surface area contributed by atoms with Crippen molar-refractivity contribution in [1.82, 2.24) is 14.9 Å². The molecule has 0 aliphatic carbocycles. The lowest BCUT2D eigenvalue weighted by molar-refractivity contribution is -0.127. The third-order valence-corrected chi connectivity index (χ3v) is 2.43. The highest BCUT2D eigenvalue weighted by Gasteiger charge is 2.18. The van der Waals surface area contributed by atoms with E-state index in [9.17, 15) is 4.79 Å². The Hall–Kier alpha value is -2.40. The van der Waals surface area contributed by atoms with Crippen molar-refractivity contribution in [1.29, 1.82) is 5.26 Å². The fourth-order valence-electron chi connectivity index (χ4n) is 1.56. The van der Waals surface area contributed by atoms with Gasteiger partial charge in [-0.1, -0.05) is 11.8 Å². The zero-order valence-electron chi connectivity index (χ0n) is 9.18. The molecule has 0 unspecified atom stereocenters. The molecule has 84 valence electrons. The summed E-state index contributed by atoms with van der Waals surface area (Å²) in [6.07, 6.45) is 4.55. The first-order valence-corrected chi connectivity index (χ1v) is 5.28. The molecule has 0 saturated carbocycles. The van der Waals surface area contributed by atoms with E-state index in [4.69, 9.17) is 5.26 Å². The lowest BCUT2D eigenvalue weighted by atomic mass is 10.3. The topological polar surface area (TPSA) is 69.9 Å². The van der Waals surface area contributed by atoms with Crippen molar-refractivity contribution in [3.8, 4) is 17.9 Å². The summed E-state index contributed by atoms with van der Waals surface area (Å²) in [6, 6.07) is 1.84.